The van der Waals surface area contributed by atoms with Crippen LogP contribution in [0.2, 0.25) is 0 Å². The number of aryl methyl sites for hydroxylation is 2. The second-order valence-corrected chi connectivity index (χ2v) is 10.1. The van der Waals surface area contributed by atoms with Gasteiger partial charge in [-0.1, -0.05) is 67.6 Å². The Morgan fingerprint density at radius 3 is 2.58 bits per heavy atom. The summed E-state index contributed by atoms with van der Waals surface area (Å²) in [6, 6.07) is 21.2. The quantitative estimate of drug-likeness (QED) is 0.313. The number of aromatic nitrogens is 4. The molecule has 5 rings (SSSR count). The van der Waals surface area contributed by atoms with Gasteiger partial charge in [-0.15, -0.1) is 10.2 Å². The number of carbonyl (C=O) groups excluding carboxylic acids is 1. The third kappa shape index (κ3) is 4.40. The number of hydrogen-bond acceptors (Lipinski definition) is 5. The Kier molecular flexibility index (Phi) is 6.36. The van der Waals surface area contributed by atoms with Crippen LogP contribution in [-0.2, 0) is 4.79 Å². The van der Waals surface area contributed by atoms with E-state index < -0.39 is 0 Å². The van der Waals surface area contributed by atoms with Crippen molar-refractivity contribution >= 4 is 40.0 Å². The lowest BCUT2D eigenvalue weighted by atomic mass is 10.0. The van der Waals surface area contributed by atoms with E-state index in [4.69, 9.17) is 0 Å². The molecule has 0 aliphatic heterocycles. The van der Waals surface area contributed by atoms with Gasteiger partial charge in [-0.05, 0) is 61.2 Å². The maximum absolute atomic E-state index is 13.5. The van der Waals surface area contributed by atoms with Crippen LogP contribution >= 0.6 is 11.8 Å². The average Bonchev–Trinajstić information content (AvgIpc) is 3.28. The fraction of sp³-hybridized carbons (Fsp3) is 0.214. The van der Waals surface area contributed by atoms with E-state index in [0.717, 1.165) is 22.5 Å². The monoisotopic (exact) mass is 497 g/mol. The third-order valence-corrected chi connectivity index (χ3v) is 7.09. The normalized spacial score (nSPS) is 11.5. The lowest BCUT2D eigenvalue weighted by molar-refractivity contribution is -0.113. The molecule has 0 aliphatic carbocycles. The topological polar surface area (TPSA) is 81.3 Å². The van der Waals surface area contributed by atoms with Gasteiger partial charge in [0.2, 0.25) is 11.7 Å². The zero-order valence-electron chi connectivity index (χ0n) is 20.6. The van der Waals surface area contributed by atoms with Gasteiger partial charge in [0, 0.05) is 5.69 Å². The van der Waals surface area contributed by atoms with Crippen molar-refractivity contribution in [1.29, 1.82) is 0 Å². The van der Waals surface area contributed by atoms with E-state index in [9.17, 15) is 9.59 Å². The van der Waals surface area contributed by atoms with Crippen molar-refractivity contribution in [2.45, 2.75) is 38.8 Å². The molecule has 2 aromatic heterocycles. The summed E-state index contributed by atoms with van der Waals surface area (Å²) in [5, 5.41) is 12.8. The average molecular weight is 498 g/mol. The van der Waals surface area contributed by atoms with E-state index in [-0.39, 0.29) is 17.2 Å². The molecule has 7 nitrogen and oxygen atoms in total. The maximum atomic E-state index is 13.5. The van der Waals surface area contributed by atoms with Crippen LogP contribution in [0.1, 0.15) is 36.5 Å². The number of carbonyl (C=O) groups is 1. The summed E-state index contributed by atoms with van der Waals surface area (Å²) in [7, 11) is 0. The maximum Gasteiger partial charge on any atom is 0.267 e. The number of rotatable bonds is 6. The summed E-state index contributed by atoms with van der Waals surface area (Å²) in [4.78, 5) is 26.3. The molecule has 3 aromatic carbocycles. The number of nitrogens with one attached hydrogen (secondary N) is 1. The Hall–Kier alpha value is -3.91. The Balaban J connectivity index is 1.52. The van der Waals surface area contributed by atoms with Crippen molar-refractivity contribution in [3.63, 3.8) is 0 Å². The number of para-hydroxylation sites is 1. The molecule has 0 saturated heterocycles. The van der Waals surface area contributed by atoms with E-state index in [1.165, 1.54) is 17.3 Å². The van der Waals surface area contributed by atoms with Crippen LogP contribution in [-0.4, -0.2) is 30.8 Å². The molecule has 36 heavy (non-hydrogen) atoms. The molecule has 0 bridgehead atoms. The zero-order valence-corrected chi connectivity index (χ0v) is 21.5. The van der Waals surface area contributed by atoms with Crippen LogP contribution in [0.25, 0.3) is 22.4 Å². The molecule has 0 spiro atoms. The minimum atomic E-state index is -0.156. The third-order valence-electron chi connectivity index (χ3n) is 6.16. The second kappa shape index (κ2) is 9.62. The molecule has 1 N–H and O–H groups in total. The molecule has 0 atom stereocenters. The highest BCUT2D eigenvalue weighted by Gasteiger charge is 2.19. The van der Waals surface area contributed by atoms with Crippen molar-refractivity contribution in [3.8, 4) is 5.69 Å². The van der Waals surface area contributed by atoms with Crippen LogP contribution in [0, 0.1) is 13.8 Å². The highest BCUT2D eigenvalue weighted by molar-refractivity contribution is 7.99. The van der Waals surface area contributed by atoms with Gasteiger partial charge in [0.05, 0.1) is 22.3 Å². The molecule has 1 amide bonds. The van der Waals surface area contributed by atoms with Gasteiger partial charge < -0.3 is 5.32 Å². The number of fused-ring (bicyclic) bond motifs is 3. The number of nitrogens with zero attached hydrogens (tertiary/aromatic N) is 4. The van der Waals surface area contributed by atoms with Crippen molar-refractivity contribution in [1.82, 2.24) is 19.2 Å². The summed E-state index contributed by atoms with van der Waals surface area (Å²) in [6.07, 6.45) is 0. The number of benzene rings is 3. The Morgan fingerprint density at radius 2 is 1.81 bits per heavy atom. The van der Waals surface area contributed by atoms with Crippen LogP contribution in [0.3, 0.4) is 0 Å². The van der Waals surface area contributed by atoms with E-state index in [0.29, 0.717) is 27.8 Å². The SMILES string of the molecule is Cc1ccc(-n2c(=O)c3ccccc3n3c(SCC(=O)Nc4cccc(C(C)C)c4)nnc23)c(C)c1. The minimum Gasteiger partial charge on any atom is -0.325 e. The van der Waals surface area contributed by atoms with Gasteiger partial charge in [-0.2, -0.15) is 0 Å². The highest BCUT2D eigenvalue weighted by Crippen LogP contribution is 2.25. The van der Waals surface area contributed by atoms with Crippen molar-refractivity contribution in [2.24, 2.45) is 0 Å². The first-order valence-electron chi connectivity index (χ1n) is 11.8. The lowest BCUT2D eigenvalue weighted by Gasteiger charge is -2.13. The largest absolute Gasteiger partial charge is 0.325 e. The number of thioether (sulfide) groups is 1. The van der Waals surface area contributed by atoms with E-state index in [1.54, 1.807) is 10.6 Å². The van der Waals surface area contributed by atoms with Crippen LogP contribution in [0.5, 0.6) is 0 Å². The second-order valence-electron chi connectivity index (χ2n) is 9.18. The van der Waals surface area contributed by atoms with E-state index in [1.807, 2.05) is 72.8 Å². The number of hydrogen-bond donors (Lipinski definition) is 1. The van der Waals surface area contributed by atoms with Crippen LogP contribution in [0.15, 0.2) is 76.7 Å². The fourth-order valence-corrected chi connectivity index (χ4v) is 5.09. The smallest absolute Gasteiger partial charge is 0.267 e. The Labute approximate surface area is 213 Å². The van der Waals surface area contributed by atoms with Crippen molar-refractivity contribution < 1.29 is 4.79 Å². The summed E-state index contributed by atoms with van der Waals surface area (Å²) >= 11 is 1.29. The predicted octanol–water partition coefficient (Wildman–Crippen LogP) is 5.50. The molecule has 8 heteroatoms. The van der Waals surface area contributed by atoms with Gasteiger partial charge in [-0.25, -0.2) is 4.57 Å². The molecule has 0 fully saturated rings. The fourth-order valence-electron chi connectivity index (χ4n) is 4.35. The first kappa shape index (κ1) is 23.8. The molecule has 2 heterocycles. The van der Waals surface area contributed by atoms with Gasteiger partial charge in [0.1, 0.15) is 0 Å². The summed E-state index contributed by atoms with van der Waals surface area (Å²) in [5.41, 5.74) is 5.32. The molecular weight excluding hydrogens is 470 g/mol. The summed E-state index contributed by atoms with van der Waals surface area (Å²) in [5.74, 6) is 0.813. The van der Waals surface area contributed by atoms with Gasteiger partial charge in [-0.3, -0.25) is 14.0 Å². The first-order chi connectivity index (χ1) is 17.3. The molecule has 0 aliphatic rings. The first-order valence-corrected chi connectivity index (χ1v) is 12.8. The standard InChI is InChI=1S/C28H27N5O2S/c1-17(2)20-8-7-9-21(15-20)29-25(34)16-36-28-31-30-27-32(23-13-12-18(3)14-19(23)4)26(35)22-10-5-6-11-24(22)33(27)28/h5-15,17H,16H2,1-4H3,(H,29,34). The van der Waals surface area contributed by atoms with E-state index >= 15 is 0 Å². The Bertz CT molecular complexity index is 1670. The van der Waals surface area contributed by atoms with Gasteiger partial charge in [0.15, 0.2) is 5.16 Å². The zero-order chi connectivity index (χ0) is 25.4. The highest BCUT2D eigenvalue weighted by atomic mass is 32.2. The van der Waals surface area contributed by atoms with Crippen LogP contribution < -0.4 is 10.9 Å². The Morgan fingerprint density at radius 1 is 1.00 bits per heavy atom. The van der Waals surface area contributed by atoms with Gasteiger partial charge in [0.25, 0.3) is 5.56 Å². The number of amides is 1. The van der Waals surface area contributed by atoms with E-state index in [2.05, 4.69) is 35.4 Å². The molecule has 5 aromatic rings. The lowest BCUT2D eigenvalue weighted by Crippen LogP contribution is -2.22. The van der Waals surface area contributed by atoms with Gasteiger partial charge >= 0.3 is 0 Å². The molecular formula is C28H27N5O2S. The molecule has 182 valence electrons. The summed E-state index contributed by atoms with van der Waals surface area (Å²) in [6.45, 7) is 8.24. The number of anilines is 1. The summed E-state index contributed by atoms with van der Waals surface area (Å²) < 4.78 is 3.46. The molecule has 0 radical (unpaired) electrons. The predicted molar refractivity (Wildman–Crippen MR) is 145 cm³/mol. The molecule has 0 saturated carbocycles. The molecule has 0 unspecified atom stereocenters. The van der Waals surface area contributed by atoms with Crippen molar-refractivity contribution in [2.75, 3.05) is 11.1 Å². The van der Waals surface area contributed by atoms with Crippen molar-refractivity contribution in [3.05, 3.63) is 93.8 Å². The minimum absolute atomic E-state index is 0.135. The van der Waals surface area contributed by atoms with Crippen LogP contribution in [0.4, 0.5) is 5.69 Å².